The molecule has 0 bridgehead atoms. The van der Waals surface area contributed by atoms with E-state index in [1.807, 2.05) is 6.07 Å². The molecule has 4 aliphatic rings. The highest BCUT2D eigenvalue weighted by molar-refractivity contribution is 5.84. The van der Waals surface area contributed by atoms with Crippen LogP contribution in [-0.4, -0.2) is 74.0 Å². The summed E-state index contributed by atoms with van der Waals surface area (Å²) in [5, 5.41) is 0. The zero-order valence-electron chi connectivity index (χ0n) is 18.7. The molecule has 4 fully saturated rings. The molecule has 3 heterocycles. The molecule has 3 aliphatic heterocycles. The molecule has 1 amide bonds. The lowest BCUT2D eigenvalue weighted by molar-refractivity contribution is -0.142. The van der Waals surface area contributed by atoms with Gasteiger partial charge in [-0.25, -0.2) is 0 Å². The van der Waals surface area contributed by atoms with E-state index in [1.165, 1.54) is 37.7 Å². The van der Waals surface area contributed by atoms with Gasteiger partial charge in [-0.2, -0.15) is 0 Å². The van der Waals surface area contributed by atoms with Gasteiger partial charge < -0.3 is 14.5 Å². The van der Waals surface area contributed by atoms with E-state index in [1.54, 1.807) is 7.11 Å². The minimum atomic E-state index is -0.103. The van der Waals surface area contributed by atoms with Crippen LogP contribution in [0.1, 0.15) is 44.1 Å². The molecule has 5 heteroatoms. The minimum absolute atomic E-state index is 0.103. The van der Waals surface area contributed by atoms with Crippen molar-refractivity contribution in [2.75, 3.05) is 53.4 Å². The van der Waals surface area contributed by atoms with Crippen LogP contribution in [0.15, 0.2) is 24.3 Å². The zero-order chi connectivity index (χ0) is 20.8. The third kappa shape index (κ3) is 3.34. The highest BCUT2D eigenvalue weighted by Crippen LogP contribution is 2.62. The average Bonchev–Trinajstić information content (AvgIpc) is 3.47. The molecule has 0 radical (unpaired) electrons. The lowest BCUT2D eigenvalue weighted by Gasteiger charge is -2.45. The van der Waals surface area contributed by atoms with E-state index in [-0.39, 0.29) is 5.41 Å². The van der Waals surface area contributed by atoms with Crippen LogP contribution in [0.25, 0.3) is 0 Å². The lowest BCUT2D eigenvalue weighted by atomic mass is 9.65. The normalized spacial score (nSPS) is 31.4. The highest BCUT2D eigenvalue weighted by atomic mass is 16.5. The average molecular weight is 412 g/mol. The summed E-state index contributed by atoms with van der Waals surface area (Å²) in [6, 6.07) is 8.46. The van der Waals surface area contributed by atoms with Crippen LogP contribution in [0.5, 0.6) is 5.75 Å². The quantitative estimate of drug-likeness (QED) is 0.762. The Morgan fingerprint density at radius 3 is 2.60 bits per heavy atom. The van der Waals surface area contributed by atoms with E-state index < -0.39 is 0 Å². The van der Waals surface area contributed by atoms with E-state index >= 15 is 0 Å². The summed E-state index contributed by atoms with van der Waals surface area (Å²) in [4.78, 5) is 20.9. The van der Waals surface area contributed by atoms with Gasteiger partial charge in [0.1, 0.15) is 5.75 Å². The number of amides is 1. The first-order chi connectivity index (χ1) is 14.5. The summed E-state index contributed by atoms with van der Waals surface area (Å²) < 4.78 is 5.39. The Morgan fingerprint density at radius 1 is 1.10 bits per heavy atom. The van der Waals surface area contributed by atoms with E-state index in [2.05, 4.69) is 39.9 Å². The summed E-state index contributed by atoms with van der Waals surface area (Å²) >= 11 is 0. The van der Waals surface area contributed by atoms with E-state index in [0.29, 0.717) is 17.2 Å². The van der Waals surface area contributed by atoms with Crippen LogP contribution >= 0.6 is 0 Å². The number of carbonyl (C=O) groups is 1. The van der Waals surface area contributed by atoms with Crippen molar-refractivity contribution in [3.05, 3.63) is 29.8 Å². The van der Waals surface area contributed by atoms with Gasteiger partial charge in [-0.15, -0.1) is 0 Å². The molecule has 1 aromatic carbocycles. The first-order valence-corrected chi connectivity index (χ1v) is 11.9. The monoisotopic (exact) mass is 411 g/mol. The molecule has 0 N–H and O–H groups in total. The predicted octanol–water partition coefficient (Wildman–Crippen LogP) is 3.24. The largest absolute Gasteiger partial charge is 0.497 e. The molecular weight excluding hydrogens is 374 g/mol. The number of benzene rings is 1. The van der Waals surface area contributed by atoms with Crippen molar-refractivity contribution in [2.24, 2.45) is 16.7 Å². The Bertz CT molecular complexity index is 782. The molecule has 5 nitrogen and oxygen atoms in total. The number of fused-ring (bicyclic) bond motifs is 2. The smallest absolute Gasteiger partial charge is 0.230 e. The fourth-order valence-corrected chi connectivity index (χ4v) is 7.16. The van der Waals surface area contributed by atoms with Crippen molar-refractivity contribution < 1.29 is 9.53 Å². The van der Waals surface area contributed by atoms with E-state index in [4.69, 9.17) is 4.74 Å². The number of likely N-dealkylation sites (tertiary alicyclic amines) is 3. The van der Waals surface area contributed by atoms with Gasteiger partial charge in [0.25, 0.3) is 0 Å². The Kier molecular flexibility index (Phi) is 5.30. The number of nitrogens with zero attached hydrogens (tertiary/aromatic N) is 3. The Hall–Kier alpha value is -1.59. The molecule has 164 valence electrons. The number of hydrogen-bond acceptors (Lipinski definition) is 4. The van der Waals surface area contributed by atoms with Crippen LogP contribution in [0.2, 0.25) is 0 Å². The summed E-state index contributed by atoms with van der Waals surface area (Å²) in [7, 11) is 3.96. The SMILES string of the molecule is COc1cccc(CN2CCC3(CC2)CC[C@@]2(C(=O)N4CCCC4)CN(C)C[C@@H]32)c1. The molecule has 1 saturated carbocycles. The van der Waals surface area contributed by atoms with Gasteiger partial charge in [0.15, 0.2) is 0 Å². The zero-order valence-corrected chi connectivity index (χ0v) is 18.7. The van der Waals surface area contributed by atoms with Gasteiger partial charge in [0.2, 0.25) is 5.91 Å². The number of hydrogen-bond donors (Lipinski definition) is 0. The van der Waals surface area contributed by atoms with Crippen LogP contribution in [-0.2, 0) is 11.3 Å². The second-order valence-corrected chi connectivity index (χ2v) is 10.4. The van der Waals surface area contributed by atoms with Gasteiger partial charge in [-0.3, -0.25) is 9.69 Å². The Labute approximate surface area is 181 Å². The molecule has 0 unspecified atom stereocenters. The Balaban J connectivity index is 1.28. The van der Waals surface area contributed by atoms with Crippen molar-refractivity contribution in [1.29, 1.82) is 0 Å². The van der Waals surface area contributed by atoms with Crippen LogP contribution < -0.4 is 4.74 Å². The Morgan fingerprint density at radius 2 is 1.87 bits per heavy atom. The number of piperidine rings is 1. The van der Waals surface area contributed by atoms with Crippen LogP contribution in [0.3, 0.4) is 0 Å². The van der Waals surface area contributed by atoms with Crippen molar-refractivity contribution in [3.8, 4) is 5.75 Å². The molecule has 30 heavy (non-hydrogen) atoms. The summed E-state index contributed by atoms with van der Waals surface area (Å²) in [6.45, 7) is 7.33. The predicted molar refractivity (Wildman–Crippen MR) is 118 cm³/mol. The van der Waals surface area contributed by atoms with Crippen molar-refractivity contribution in [2.45, 2.75) is 45.1 Å². The van der Waals surface area contributed by atoms with Crippen LogP contribution in [0, 0.1) is 16.7 Å². The number of carbonyl (C=O) groups excluding carboxylic acids is 1. The number of ether oxygens (including phenoxy) is 1. The van der Waals surface area contributed by atoms with Crippen molar-refractivity contribution >= 4 is 5.91 Å². The molecular formula is C25H37N3O2. The van der Waals surface area contributed by atoms with E-state index in [9.17, 15) is 4.79 Å². The lowest BCUT2D eigenvalue weighted by Crippen LogP contribution is -2.49. The maximum absolute atomic E-state index is 13.7. The van der Waals surface area contributed by atoms with Crippen molar-refractivity contribution in [3.63, 3.8) is 0 Å². The maximum atomic E-state index is 13.7. The summed E-state index contributed by atoms with van der Waals surface area (Å²) in [5.74, 6) is 1.98. The minimum Gasteiger partial charge on any atom is -0.497 e. The topological polar surface area (TPSA) is 36.0 Å². The second-order valence-electron chi connectivity index (χ2n) is 10.4. The second kappa shape index (κ2) is 7.83. The fraction of sp³-hybridized carbons (Fsp3) is 0.720. The van der Waals surface area contributed by atoms with Gasteiger partial charge in [-0.1, -0.05) is 12.1 Å². The standard InChI is InChI=1S/C25H37N3O2/c1-26-18-22-24(8-9-25(22,19-26)23(29)28-12-3-4-13-28)10-14-27(15-11-24)17-20-6-5-7-21(16-20)30-2/h5-7,16,22H,3-4,8-15,17-19H2,1-2H3/t22-,25+/m0/s1. The molecule has 1 aromatic rings. The number of rotatable bonds is 4. The molecule has 1 aliphatic carbocycles. The van der Waals surface area contributed by atoms with Gasteiger partial charge >= 0.3 is 0 Å². The summed E-state index contributed by atoms with van der Waals surface area (Å²) in [6.07, 6.45) is 7.21. The third-order valence-corrected chi connectivity index (χ3v) is 8.73. The summed E-state index contributed by atoms with van der Waals surface area (Å²) in [5.41, 5.74) is 1.59. The molecule has 5 rings (SSSR count). The highest BCUT2D eigenvalue weighted by Gasteiger charge is 2.64. The molecule has 1 spiro atoms. The van der Waals surface area contributed by atoms with Gasteiger partial charge in [0, 0.05) is 32.7 Å². The van der Waals surface area contributed by atoms with Crippen LogP contribution in [0.4, 0.5) is 0 Å². The molecule has 3 saturated heterocycles. The fourth-order valence-electron chi connectivity index (χ4n) is 7.16. The van der Waals surface area contributed by atoms with Gasteiger partial charge in [0.05, 0.1) is 12.5 Å². The van der Waals surface area contributed by atoms with E-state index in [0.717, 1.165) is 58.0 Å². The molecule has 0 aromatic heterocycles. The first-order valence-electron chi connectivity index (χ1n) is 11.9. The third-order valence-electron chi connectivity index (χ3n) is 8.73. The molecule has 2 atom stereocenters. The van der Waals surface area contributed by atoms with Crippen molar-refractivity contribution in [1.82, 2.24) is 14.7 Å². The first kappa shape index (κ1) is 20.3. The maximum Gasteiger partial charge on any atom is 0.230 e. The van der Waals surface area contributed by atoms with Gasteiger partial charge in [-0.05, 0) is 87.7 Å². The number of methoxy groups -OCH3 is 1.